The van der Waals surface area contributed by atoms with Crippen LogP contribution in [0.3, 0.4) is 0 Å². The lowest BCUT2D eigenvalue weighted by Crippen LogP contribution is -2.10. The Morgan fingerprint density at radius 2 is 1.80 bits per heavy atom. The van der Waals surface area contributed by atoms with Crippen LogP contribution >= 0.6 is 11.3 Å². The summed E-state index contributed by atoms with van der Waals surface area (Å²) >= 11 is 1.46. The number of carbonyl (C=O) groups excluding carboxylic acids is 1. The first-order valence-corrected chi connectivity index (χ1v) is 10.0. The highest BCUT2D eigenvalue weighted by Gasteiger charge is 2.20. The minimum Gasteiger partial charge on any atom is -0.456 e. The molecule has 5 rings (SSSR count). The van der Waals surface area contributed by atoms with Gasteiger partial charge in [0.05, 0.1) is 22.1 Å². The molecular formula is C22H15N5O2S. The number of rotatable bonds is 5. The number of fused-ring (bicyclic) bond motifs is 1. The molecule has 0 bridgehead atoms. The Labute approximate surface area is 175 Å². The SMILES string of the molecule is O=C(OCc1cnn(-c2ccccc2)c1)c1nccnc1-c1nc2ccccc2s1. The predicted molar refractivity (Wildman–Crippen MR) is 113 cm³/mol. The monoisotopic (exact) mass is 413 g/mol. The van der Waals surface area contributed by atoms with Crippen molar-refractivity contribution in [3.05, 3.63) is 90.6 Å². The van der Waals surface area contributed by atoms with E-state index in [9.17, 15) is 4.79 Å². The molecule has 0 spiro atoms. The zero-order valence-electron chi connectivity index (χ0n) is 15.7. The van der Waals surface area contributed by atoms with Gasteiger partial charge in [0.25, 0.3) is 0 Å². The second-order valence-corrected chi connectivity index (χ2v) is 7.48. The minimum atomic E-state index is -0.551. The molecule has 0 atom stereocenters. The summed E-state index contributed by atoms with van der Waals surface area (Å²) in [5.41, 5.74) is 3.13. The Morgan fingerprint density at radius 1 is 1.00 bits per heavy atom. The van der Waals surface area contributed by atoms with E-state index < -0.39 is 5.97 Å². The molecular weight excluding hydrogens is 398 g/mol. The van der Waals surface area contributed by atoms with E-state index in [-0.39, 0.29) is 12.3 Å². The van der Waals surface area contributed by atoms with Gasteiger partial charge in [-0.05, 0) is 24.3 Å². The van der Waals surface area contributed by atoms with E-state index in [1.165, 1.54) is 17.5 Å². The molecule has 3 heterocycles. The van der Waals surface area contributed by atoms with Crippen LogP contribution in [0.2, 0.25) is 0 Å². The molecule has 0 radical (unpaired) electrons. The van der Waals surface area contributed by atoms with Gasteiger partial charge in [-0.25, -0.2) is 24.4 Å². The van der Waals surface area contributed by atoms with E-state index in [0.717, 1.165) is 21.5 Å². The highest BCUT2D eigenvalue weighted by Crippen LogP contribution is 2.30. The summed E-state index contributed by atoms with van der Waals surface area (Å²) in [6.07, 6.45) is 6.52. The Morgan fingerprint density at radius 3 is 2.67 bits per heavy atom. The second kappa shape index (κ2) is 7.84. The van der Waals surface area contributed by atoms with E-state index in [2.05, 4.69) is 20.1 Å². The van der Waals surface area contributed by atoms with Gasteiger partial charge >= 0.3 is 5.97 Å². The van der Waals surface area contributed by atoms with Crippen molar-refractivity contribution in [3.63, 3.8) is 0 Å². The van der Waals surface area contributed by atoms with Gasteiger partial charge < -0.3 is 4.74 Å². The van der Waals surface area contributed by atoms with Crippen molar-refractivity contribution in [3.8, 4) is 16.4 Å². The molecule has 146 valence electrons. The van der Waals surface area contributed by atoms with Crippen LogP contribution in [0.1, 0.15) is 16.1 Å². The number of ether oxygens (including phenoxy) is 1. The van der Waals surface area contributed by atoms with Crippen LogP contribution in [0, 0.1) is 0 Å². The van der Waals surface area contributed by atoms with Crippen molar-refractivity contribution in [1.29, 1.82) is 0 Å². The average molecular weight is 413 g/mol. The van der Waals surface area contributed by atoms with E-state index in [1.807, 2.05) is 60.8 Å². The first-order valence-electron chi connectivity index (χ1n) is 9.21. The summed E-state index contributed by atoms with van der Waals surface area (Å²) in [5, 5.41) is 4.95. The molecule has 0 saturated heterocycles. The van der Waals surface area contributed by atoms with Gasteiger partial charge in [0.15, 0.2) is 5.69 Å². The van der Waals surface area contributed by atoms with Gasteiger partial charge in [-0.1, -0.05) is 30.3 Å². The molecule has 0 N–H and O–H groups in total. The smallest absolute Gasteiger partial charge is 0.359 e. The number of benzene rings is 2. The van der Waals surface area contributed by atoms with Crippen molar-refractivity contribution < 1.29 is 9.53 Å². The van der Waals surface area contributed by atoms with Gasteiger partial charge in [-0.3, -0.25) is 0 Å². The molecule has 8 heteroatoms. The van der Waals surface area contributed by atoms with Crippen molar-refractivity contribution in [2.45, 2.75) is 6.61 Å². The summed E-state index contributed by atoms with van der Waals surface area (Å²) < 4.78 is 8.24. The van der Waals surface area contributed by atoms with Crippen LogP contribution in [0.15, 0.2) is 79.4 Å². The number of nitrogens with zero attached hydrogens (tertiary/aromatic N) is 5. The molecule has 0 aliphatic carbocycles. The average Bonchev–Trinajstić information content (AvgIpc) is 3.45. The van der Waals surface area contributed by atoms with Crippen LogP contribution in [0.5, 0.6) is 0 Å². The first kappa shape index (κ1) is 18.1. The fourth-order valence-corrected chi connectivity index (χ4v) is 3.95. The number of thiazole rings is 1. The zero-order chi connectivity index (χ0) is 20.3. The molecule has 0 aliphatic heterocycles. The summed E-state index contributed by atoms with van der Waals surface area (Å²) in [6.45, 7) is 0.0848. The molecule has 0 unspecified atom stereocenters. The third-order valence-electron chi connectivity index (χ3n) is 4.41. The first-order chi connectivity index (χ1) is 14.8. The molecule has 0 amide bonds. The highest BCUT2D eigenvalue weighted by molar-refractivity contribution is 7.21. The predicted octanol–water partition coefficient (Wildman–Crippen LogP) is 4.30. The lowest BCUT2D eigenvalue weighted by atomic mass is 10.3. The number of hydrogen-bond acceptors (Lipinski definition) is 7. The summed E-state index contributed by atoms with van der Waals surface area (Å²) in [7, 11) is 0. The quantitative estimate of drug-likeness (QED) is 0.400. The Bertz CT molecular complexity index is 1300. The lowest BCUT2D eigenvalue weighted by Gasteiger charge is -2.05. The fourth-order valence-electron chi connectivity index (χ4n) is 2.99. The van der Waals surface area contributed by atoms with Crippen molar-refractivity contribution in [2.75, 3.05) is 0 Å². The minimum absolute atomic E-state index is 0.0848. The number of aromatic nitrogens is 5. The largest absolute Gasteiger partial charge is 0.456 e. The normalized spacial score (nSPS) is 10.9. The maximum atomic E-state index is 12.7. The topological polar surface area (TPSA) is 82.8 Å². The summed E-state index contributed by atoms with van der Waals surface area (Å²) in [5.74, 6) is -0.551. The Balaban J connectivity index is 1.35. The third-order valence-corrected chi connectivity index (χ3v) is 5.46. The Hall–Kier alpha value is -3.91. The van der Waals surface area contributed by atoms with Gasteiger partial charge in [0.2, 0.25) is 0 Å². The molecule has 7 nitrogen and oxygen atoms in total. The number of esters is 1. The number of carbonyl (C=O) groups is 1. The fraction of sp³-hybridized carbons (Fsp3) is 0.0455. The maximum absolute atomic E-state index is 12.7. The molecule has 2 aromatic carbocycles. The molecule has 3 aromatic heterocycles. The molecule has 5 aromatic rings. The lowest BCUT2D eigenvalue weighted by molar-refractivity contribution is 0.0466. The van der Waals surface area contributed by atoms with Crippen molar-refractivity contribution >= 4 is 27.5 Å². The highest BCUT2D eigenvalue weighted by atomic mass is 32.1. The van der Waals surface area contributed by atoms with Gasteiger partial charge in [0, 0.05) is 24.2 Å². The van der Waals surface area contributed by atoms with Gasteiger partial charge in [-0.2, -0.15) is 5.10 Å². The number of hydrogen-bond donors (Lipinski definition) is 0. The van der Waals surface area contributed by atoms with Gasteiger partial charge in [-0.15, -0.1) is 11.3 Å². The van der Waals surface area contributed by atoms with Crippen molar-refractivity contribution in [2.24, 2.45) is 0 Å². The zero-order valence-corrected chi connectivity index (χ0v) is 16.5. The second-order valence-electron chi connectivity index (χ2n) is 6.45. The third kappa shape index (κ3) is 3.56. The summed E-state index contributed by atoms with van der Waals surface area (Å²) in [4.78, 5) is 25.8. The van der Waals surface area contributed by atoms with E-state index >= 15 is 0 Å². The van der Waals surface area contributed by atoms with Gasteiger partial charge in [0.1, 0.15) is 17.3 Å². The van der Waals surface area contributed by atoms with E-state index in [4.69, 9.17) is 4.74 Å². The molecule has 0 aliphatic rings. The van der Waals surface area contributed by atoms with Crippen molar-refractivity contribution in [1.82, 2.24) is 24.7 Å². The molecule has 0 saturated carbocycles. The van der Waals surface area contributed by atoms with Crippen LogP contribution in [0.4, 0.5) is 0 Å². The standard InChI is InChI=1S/C22H15N5O2S/c28-22(29-14-15-12-25-27(13-15)16-6-2-1-3-7-16)20-19(23-10-11-24-20)21-26-17-8-4-5-9-18(17)30-21/h1-13H,14H2. The van der Waals surface area contributed by atoms with Crippen LogP contribution in [-0.2, 0) is 11.3 Å². The van der Waals surface area contributed by atoms with Crippen LogP contribution in [-0.4, -0.2) is 30.7 Å². The number of para-hydroxylation sites is 2. The van der Waals surface area contributed by atoms with Crippen LogP contribution < -0.4 is 0 Å². The van der Waals surface area contributed by atoms with E-state index in [1.54, 1.807) is 17.1 Å². The molecule has 0 fully saturated rings. The van der Waals surface area contributed by atoms with E-state index in [0.29, 0.717) is 10.7 Å². The Kier molecular flexibility index (Phi) is 4.74. The summed E-state index contributed by atoms with van der Waals surface area (Å²) in [6, 6.07) is 17.5. The van der Waals surface area contributed by atoms with Crippen LogP contribution in [0.25, 0.3) is 26.6 Å². The molecule has 30 heavy (non-hydrogen) atoms. The maximum Gasteiger partial charge on any atom is 0.359 e.